The smallest absolute Gasteiger partial charge is 0.133 e. The molecule has 0 unspecified atom stereocenters. The van der Waals surface area contributed by atoms with Crippen LogP contribution in [0.25, 0.3) is 0 Å². The van der Waals surface area contributed by atoms with Gasteiger partial charge in [-0.2, -0.15) is 20.5 Å². The van der Waals surface area contributed by atoms with Crippen LogP contribution in [0.4, 0.5) is 51.2 Å². The van der Waals surface area contributed by atoms with E-state index in [1.807, 2.05) is 72.8 Å². The predicted molar refractivity (Wildman–Crippen MR) is 140 cm³/mol. The number of nitrogen functional groups attached to an aromatic ring is 2. The highest BCUT2D eigenvalue weighted by molar-refractivity contribution is 5.77. The van der Waals surface area contributed by atoms with Gasteiger partial charge in [-0.05, 0) is 60.7 Å². The number of anilines is 2. The summed E-state index contributed by atoms with van der Waals surface area (Å²) in [4.78, 5) is 1.23. The monoisotopic (exact) mass is 464 g/mol. The zero-order valence-corrected chi connectivity index (χ0v) is 19.5. The van der Waals surface area contributed by atoms with Crippen molar-refractivity contribution in [2.75, 3.05) is 25.6 Å². The van der Waals surface area contributed by atoms with Crippen molar-refractivity contribution in [2.45, 2.75) is 0 Å². The van der Waals surface area contributed by atoms with E-state index < -0.39 is 0 Å². The standard InChI is InChI=1S/C26H25N9/c1-35(2)22-10-6-9-21(15-22)32-29-19-11-13-20(14-12-19)31-34-26-17-25(23(27)16-24(26)28)33-30-18-7-4-3-5-8-18/h3-17H,27-28H2,1-2H3/p+1. The second kappa shape index (κ2) is 10.9. The van der Waals surface area contributed by atoms with Crippen LogP contribution in [-0.2, 0) is 0 Å². The molecule has 4 aromatic rings. The molecule has 9 nitrogen and oxygen atoms in total. The van der Waals surface area contributed by atoms with Gasteiger partial charge in [0, 0.05) is 6.07 Å². The Hall–Kier alpha value is -4.76. The normalized spacial score (nSPS) is 11.9. The van der Waals surface area contributed by atoms with E-state index in [1.165, 1.54) is 4.90 Å². The Balaban J connectivity index is 1.47. The predicted octanol–water partition coefficient (Wildman–Crippen LogP) is 6.87. The number of azo groups is 3. The fourth-order valence-corrected chi connectivity index (χ4v) is 3.08. The fourth-order valence-electron chi connectivity index (χ4n) is 3.08. The first-order valence-corrected chi connectivity index (χ1v) is 11.0. The molecule has 0 saturated carbocycles. The van der Waals surface area contributed by atoms with E-state index in [0.29, 0.717) is 34.1 Å². The van der Waals surface area contributed by atoms with Gasteiger partial charge in [0.2, 0.25) is 0 Å². The van der Waals surface area contributed by atoms with Crippen molar-refractivity contribution in [3.63, 3.8) is 0 Å². The lowest BCUT2D eigenvalue weighted by Crippen LogP contribution is -3.00. The van der Waals surface area contributed by atoms with Crippen molar-refractivity contribution < 1.29 is 4.90 Å². The lowest BCUT2D eigenvalue weighted by atomic mass is 10.2. The van der Waals surface area contributed by atoms with Gasteiger partial charge in [0.05, 0.1) is 48.2 Å². The van der Waals surface area contributed by atoms with Crippen molar-refractivity contribution in [1.29, 1.82) is 0 Å². The summed E-state index contributed by atoms with van der Waals surface area (Å²) in [7, 11) is 4.13. The third-order valence-corrected chi connectivity index (χ3v) is 5.03. The average molecular weight is 465 g/mol. The molecule has 4 aromatic carbocycles. The molecule has 5 N–H and O–H groups in total. The summed E-state index contributed by atoms with van der Waals surface area (Å²) in [6.07, 6.45) is 0. The third-order valence-electron chi connectivity index (χ3n) is 5.03. The molecule has 174 valence electrons. The van der Waals surface area contributed by atoms with E-state index in [1.54, 1.807) is 12.1 Å². The maximum atomic E-state index is 6.07. The number of rotatable bonds is 7. The fraction of sp³-hybridized carbons (Fsp3) is 0.0769. The van der Waals surface area contributed by atoms with Crippen LogP contribution < -0.4 is 16.4 Å². The molecular formula is C26H26N9+. The van der Waals surface area contributed by atoms with Crippen LogP contribution in [0.15, 0.2) is 122 Å². The van der Waals surface area contributed by atoms with Crippen LogP contribution >= 0.6 is 0 Å². The number of hydrogen-bond acceptors (Lipinski definition) is 8. The minimum Gasteiger partial charge on any atom is -0.397 e. The van der Waals surface area contributed by atoms with E-state index in [-0.39, 0.29) is 0 Å². The topological polar surface area (TPSA) is 131 Å². The van der Waals surface area contributed by atoms with E-state index in [4.69, 9.17) is 11.5 Å². The molecule has 35 heavy (non-hydrogen) atoms. The van der Waals surface area contributed by atoms with Gasteiger partial charge in [0.15, 0.2) is 0 Å². The Morgan fingerprint density at radius 3 is 1.54 bits per heavy atom. The van der Waals surface area contributed by atoms with Gasteiger partial charge >= 0.3 is 0 Å². The van der Waals surface area contributed by atoms with Crippen molar-refractivity contribution >= 4 is 51.2 Å². The van der Waals surface area contributed by atoms with Gasteiger partial charge in [0.1, 0.15) is 17.1 Å². The van der Waals surface area contributed by atoms with Gasteiger partial charge in [-0.1, -0.05) is 24.3 Å². The summed E-state index contributed by atoms with van der Waals surface area (Å²) in [5, 5.41) is 25.6. The molecule has 0 saturated heterocycles. The second-order valence-electron chi connectivity index (χ2n) is 7.97. The lowest BCUT2D eigenvalue weighted by Gasteiger charge is -2.05. The second-order valence-corrected chi connectivity index (χ2v) is 7.97. The minimum absolute atomic E-state index is 0.400. The Bertz CT molecular complexity index is 1380. The molecule has 0 fully saturated rings. The summed E-state index contributed by atoms with van der Waals surface area (Å²) in [6, 6.07) is 27.9. The van der Waals surface area contributed by atoms with Crippen molar-refractivity contribution in [3.8, 4) is 0 Å². The number of nitrogens with two attached hydrogens (primary N) is 2. The highest BCUT2D eigenvalue weighted by Gasteiger charge is 2.06. The summed E-state index contributed by atoms with van der Waals surface area (Å²) in [5.74, 6) is 0. The van der Waals surface area contributed by atoms with Crippen LogP contribution in [0.1, 0.15) is 0 Å². The van der Waals surface area contributed by atoms with E-state index in [0.717, 1.165) is 17.1 Å². The minimum atomic E-state index is 0.400. The summed E-state index contributed by atoms with van der Waals surface area (Å²) in [5.41, 5.74) is 17.9. The van der Waals surface area contributed by atoms with Gasteiger partial charge < -0.3 is 16.4 Å². The van der Waals surface area contributed by atoms with Gasteiger partial charge in [-0.3, -0.25) is 0 Å². The van der Waals surface area contributed by atoms with Crippen LogP contribution in [0.2, 0.25) is 0 Å². The van der Waals surface area contributed by atoms with E-state index >= 15 is 0 Å². The van der Waals surface area contributed by atoms with Gasteiger partial charge in [0.25, 0.3) is 0 Å². The molecule has 0 aliphatic heterocycles. The number of nitrogens with zero attached hydrogens (tertiary/aromatic N) is 6. The van der Waals surface area contributed by atoms with Crippen LogP contribution in [0, 0.1) is 0 Å². The largest absolute Gasteiger partial charge is 0.397 e. The summed E-state index contributed by atoms with van der Waals surface area (Å²) in [6.45, 7) is 0. The van der Waals surface area contributed by atoms with Crippen molar-refractivity contribution in [2.24, 2.45) is 30.7 Å². The molecule has 0 aliphatic carbocycles. The first-order chi connectivity index (χ1) is 17.0. The maximum absolute atomic E-state index is 6.07. The average Bonchev–Trinajstić information content (AvgIpc) is 2.88. The first kappa shape index (κ1) is 23.4. The Morgan fingerprint density at radius 2 is 0.971 bits per heavy atom. The number of nitrogens with one attached hydrogen (secondary N) is 1. The van der Waals surface area contributed by atoms with E-state index in [2.05, 4.69) is 50.8 Å². The number of hydrogen-bond donors (Lipinski definition) is 3. The lowest BCUT2D eigenvalue weighted by molar-refractivity contribution is -0.786. The van der Waals surface area contributed by atoms with Crippen LogP contribution in [0.5, 0.6) is 0 Å². The zero-order valence-electron chi connectivity index (χ0n) is 19.5. The zero-order chi connectivity index (χ0) is 24.6. The number of benzene rings is 4. The Kier molecular flexibility index (Phi) is 7.29. The molecule has 0 atom stereocenters. The molecular weight excluding hydrogens is 438 g/mol. The van der Waals surface area contributed by atoms with Crippen LogP contribution in [0.3, 0.4) is 0 Å². The first-order valence-electron chi connectivity index (χ1n) is 11.0. The number of quaternary nitrogens is 1. The van der Waals surface area contributed by atoms with Crippen molar-refractivity contribution in [1.82, 2.24) is 0 Å². The molecule has 0 radical (unpaired) electrons. The maximum Gasteiger partial charge on any atom is 0.133 e. The molecule has 0 heterocycles. The quantitative estimate of drug-likeness (QED) is 0.203. The molecule has 0 aromatic heterocycles. The van der Waals surface area contributed by atoms with Crippen LogP contribution in [-0.4, -0.2) is 14.1 Å². The Labute approximate surface area is 203 Å². The molecule has 0 aliphatic rings. The SMILES string of the molecule is C[NH+](C)c1cccc(N=Nc2ccc(N=Nc3cc(N=Nc4ccccc4)c(N)cc3N)cc2)c1. The highest BCUT2D eigenvalue weighted by Crippen LogP contribution is 2.35. The molecule has 0 bridgehead atoms. The molecule has 0 amide bonds. The summed E-state index contributed by atoms with van der Waals surface area (Å²) >= 11 is 0. The van der Waals surface area contributed by atoms with Crippen molar-refractivity contribution in [3.05, 3.63) is 91.0 Å². The van der Waals surface area contributed by atoms with E-state index in [9.17, 15) is 0 Å². The third kappa shape index (κ3) is 6.40. The molecule has 0 spiro atoms. The molecule has 9 heteroatoms. The summed E-state index contributed by atoms with van der Waals surface area (Å²) < 4.78 is 0. The Morgan fingerprint density at radius 1 is 0.486 bits per heavy atom. The molecule has 4 rings (SSSR count). The van der Waals surface area contributed by atoms with Gasteiger partial charge in [-0.25, -0.2) is 0 Å². The van der Waals surface area contributed by atoms with Gasteiger partial charge in [-0.15, -0.1) is 10.2 Å². The highest BCUT2D eigenvalue weighted by atomic mass is 15.1.